The SMILES string of the molecule is O=Cc1ccc(CN(CCC(=O)O)C(=O)CCCCCCCCCCCCCC(=O)O)cc1. The Labute approximate surface area is 197 Å². The van der Waals surface area contributed by atoms with E-state index in [9.17, 15) is 19.2 Å². The lowest BCUT2D eigenvalue weighted by atomic mass is 10.0. The van der Waals surface area contributed by atoms with Gasteiger partial charge in [0.15, 0.2) is 0 Å². The zero-order chi connectivity index (χ0) is 24.3. The zero-order valence-corrected chi connectivity index (χ0v) is 19.7. The number of unbranched alkanes of at least 4 members (excludes halogenated alkanes) is 10. The van der Waals surface area contributed by atoms with Crippen molar-refractivity contribution >= 4 is 24.1 Å². The molecule has 0 aromatic heterocycles. The summed E-state index contributed by atoms with van der Waals surface area (Å²) >= 11 is 0. The summed E-state index contributed by atoms with van der Waals surface area (Å²) in [6.07, 6.45) is 13.0. The van der Waals surface area contributed by atoms with E-state index in [0.29, 0.717) is 18.5 Å². The average Bonchev–Trinajstić information content (AvgIpc) is 2.79. The molecule has 0 atom stereocenters. The predicted molar refractivity (Wildman–Crippen MR) is 127 cm³/mol. The van der Waals surface area contributed by atoms with Gasteiger partial charge < -0.3 is 15.1 Å². The van der Waals surface area contributed by atoms with E-state index in [1.807, 2.05) is 0 Å². The molecule has 1 aromatic rings. The molecular formula is C26H39NO6. The van der Waals surface area contributed by atoms with Crippen LogP contribution in [0.5, 0.6) is 0 Å². The smallest absolute Gasteiger partial charge is 0.305 e. The van der Waals surface area contributed by atoms with Gasteiger partial charge in [0.05, 0.1) is 6.42 Å². The molecule has 1 aromatic carbocycles. The van der Waals surface area contributed by atoms with Crippen LogP contribution in [0.4, 0.5) is 0 Å². The number of rotatable bonds is 20. The fourth-order valence-electron chi connectivity index (χ4n) is 3.75. The number of aldehydes is 1. The van der Waals surface area contributed by atoms with Crippen LogP contribution in [0.2, 0.25) is 0 Å². The minimum Gasteiger partial charge on any atom is -0.481 e. The van der Waals surface area contributed by atoms with E-state index >= 15 is 0 Å². The maximum Gasteiger partial charge on any atom is 0.305 e. The first kappa shape index (κ1) is 28.3. The minimum atomic E-state index is -0.927. The molecule has 1 rings (SSSR count). The highest BCUT2D eigenvalue weighted by atomic mass is 16.4. The number of hydrogen-bond acceptors (Lipinski definition) is 4. The number of carboxylic acid groups (broad SMARTS) is 2. The van der Waals surface area contributed by atoms with Crippen LogP contribution in [0.25, 0.3) is 0 Å². The summed E-state index contributed by atoms with van der Waals surface area (Å²) in [6.45, 7) is 0.529. The van der Waals surface area contributed by atoms with Crippen LogP contribution in [0.3, 0.4) is 0 Å². The fourth-order valence-corrected chi connectivity index (χ4v) is 3.75. The summed E-state index contributed by atoms with van der Waals surface area (Å²) in [5, 5.41) is 17.6. The fraction of sp³-hybridized carbons (Fsp3) is 0.615. The monoisotopic (exact) mass is 461 g/mol. The molecule has 0 bridgehead atoms. The minimum absolute atomic E-state index is 0.0291. The third-order valence-corrected chi connectivity index (χ3v) is 5.72. The van der Waals surface area contributed by atoms with Gasteiger partial charge in [-0.05, 0) is 18.4 Å². The van der Waals surface area contributed by atoms with Gasteiger partial charge in [0.25, 0.3) is 0 Å². The Morgan fingerprint density at radius 3 is 1.58 bits per heavy atom. The summed E-state index contributed by atoms with van der Waals surface area (Å²) in [5.41, 5.74) is 1.44. The van der Waals surface area contributed by atoms with Gasteiger partial charge in [-0.1, -0.05) is 82.1 Å². The second-order valence-electron chi connectivity index (χ2n) is 8.60. The molecule has 0 spiro atoms. The summed E-state index contributed by atoms with van der Waals surface area (Å²) < 4.78 is 0. The molecule has 33 heavy (non-hydrogen) atoms. The van der Waals surface area contributed by atoms with Crippen LogP contribution in [-0.4, -0.2) is 45.8 Å². The standard InChI is InChI=1S/C26H39NO6/c28-21-23-16-14-22(15-17-23)20-27(19-18-26(32)33)24(29)12-10-8-6-4-2-1-3-5-7-9-11-13-25(30)31/h14-17,21H,1-13,18-20H2,(H,30,31)(H,32,33). The lowest BCUT2D eigenvalue weighted by Gasteiger charge is -2.22. The highest BCUT2D eigenvalue weighted by Gasteiger charge is 2.15. The average molecular weight is 462 g/mol. The van der Waals surface area contributed by atoms with Crippen molar-refractivity contribution in [3.8, 4) is 0 Å². The summed E-state index contributed by atoms with van der Waals surface area (Å²) in [7, 11) is 0. The third-order valence-electron chi connectivity index (χ3n) is 5.72. The number of hydrogen-bond donors (Lipinski definition) is 2. The number of carbonyl (C=O) groups excluding carboxylic acids is 2. The second kappa shape index (κ2) is 17.8. The predicted octanol–water partition coefficient (Wildman–Crippen LogP) is 5.46. The van der Waals surface area contributed by atoms with Gasteiger partial charge >= 0.3 is 11.9 Å². The largest absolute Gasteiger partial charge is 0.481 e. The van der Waals surface area contributed by atoms with Crippen molar-refractivity contribution in [2.75, 3.05) is 6.54 Å². The molecule has 0 saturated carbocycles. The Bertz CT molecular complexity index is 716. The molecule has 0 fully saturated rings. The van der Waals surface area contributed by atoms with Crippen molar-refractivity contribution in [1.29, 1.82) is 0 Å². The number of aliphatic carboxylic acids is 2. The Hall–Kier alpha value is -2.70. The third kappa shape index (κ3) is 14.9. The summed E-state index contributed by atoms with van der Waals surface area (Å²) in [5.74, 6) is -1.67. The maximum atomic E-state index is 12.6. The molecule has 0 heterocycles. The van der Waals surface area contributed by atoms with Crippen molar-refractivity contribution in [1.82, 2.24) is 4.90 Å². The lowest BCUT2D eigenvalue weighted by Crippen LogP contribution is -2.32. The summed E-state index contributed by atoms with van der Waals surface area (Å²) in [4.78, 5) is 46.4. The van der Waals surface area contributed by atoms with Crippen molar-refractivity contribution in [2.45, 2.75) is 96.4 Å². The van der Waals surface area contributed by atoms with E-state index in [2.05, 4.69) is 0 Å². The molecule has 0 aliphatic heterocycles. The van der Waals surface area contributed by atoms with Crippen molar-refractivity contribution < 1.29 is 29.4 Å². The first-order chi connectivity index (χ1) is 15.9. The van der Waals surface area contributed by atoms with Gasteiger partial charge in [0.2, 0.25) is 5.91 Å². The van der Waals surface area contributed by atoms with E-state index in [-0.39, 0.29) is 25.3 Å². The van der Waals surface area contributed by atoms with Crippen LogP contribution in [0.1, 0.15) is 106 Å². The number of carboxylic acids is 2. The lowest BCUT2D eigenvalue weighted by molar-refractivity contribution is -0.139. The second-order valence-corrected chi connectivity index (χ2v) is 8.60. The van der Waals surface area contributed by atoms with Crippen LogP contribution in [0, 0.1) is 0 Å². The van der Waals surface area contributed by atoms with Crippen LogP contribution in [-0.2, 0) is 20.9 Å². The number of nitrogens with zero attached hydrogens (tertiary/aromatic N) is 1. The van der Waals surface area contributed by atoms with Crippen LogP contribution >= 0.6 is 0 Å². The van der Waals surface area contributed by atoms with Crippen molar-refractivity contribution in [2.24, 2.45) is 0 Å². The van der Waals surface area contributed by atoms with E-state index < -0.39 is 11.9 Å². The molecule has 0 aliphatic rings. The molecule has 1 amide bonds. The van der Waals surface area contributed by atoms with Gasteiger partial charge in [0.1, 0.15) is 6.29 Å². The quantitative estimate of drug-likeness (QED) is 0.197. The highest BCUT2D eigenvalue weighted by Crippen LogP contribution is 2.14. The molecule has 0 aliphatic carbocycles. The Balaban J connectivity index is 2.18. The van der Waals surface area contributed by atoms with E-state index in [1.165, 1.54) is 19.3 Å². The number of benzene rings is 1. The normalized spacial score (nSPS) is 10.7. The van der Waals surface area contributed by atoms with Crippen LogP contribution < -0.4 is 0 Å². The molecule has 2 N–H and O–H groups in total. The van der Waals surface area contributed by atoms with Crippen molar-refractivity contribution in [3.05, 3.63) is 35.4 Å². The van der Waals surface area contributed by atoms with Gasteiger partial charge in [-0.3, -0.25) is 19.2 Å². The van der Waals surface area contributed by atoms with Crippen molar-refractivity contribution in [3.63, 3.8) is 0 Å². The Morgan fingerprint density at radius 1 is 0.667 bits per heavy atom. The number of amides is 1. The number of carbonyl (C=O) groups is 4. The summed E-state index contributed by atoms with van der Waals surface area (Å²) in [6, 6.07) is 6.98. The first-order valence-electron chi connectivity index (χ1n) is 12.2. The maximum absolute atomic E-state index is 12.6. The van der Waals surface area contributed by atoms with Gasteiger partial charge in [-0.15, -0.1) is 0 Å². The van der Waals surface area contributed by atoms with E-state index in [0.717, 1.165) is 63.2 Å². The zero-order valence-electron chi connectivity index (χ0n) is 19.7. The molecule has 0 radical (unpaired) electrons. The van der Waals surface area contributed by atoms with Gasteiger partial charge in [-0.25, -0.2) is 0 Å². The Morgan fingerprint density at radius 2 is 1.12 bits per heavy atom. The van der Waals surface area contributed by atoms with Gasteiger partial charge in [-0.2, -0.15) is 0 Å². The molecule has 0 saturated heterocycles. The van der Waals surface area contributed by atoms with E-state index in [1.54, 1.807) is 29.2 Å². The van der Waals surface area contributed by atoms with E-state index in [4.69, 9.17) is 10.2 Å². The van der Waals surface area contributed by atoms with Gasteiger partial charge in [0, 0.05) is 31.5 Å². The molecule has 7 heteroatoms. The highest BCUT2D eigenvalue weighted by molar-refractivity contribution is 5.77. The molecule has 7 nitrogen and oxygen atoms in total. The molecule has 184 valence electrons. The topological polar surface area (TPSA) is 112 Å². The Kier molecular flexibility index (Phi) is 15.3. The molecular weight excluding hydrogens is 422 g/mol. The van der Waals surface area contributed by atoms with Crippen LogP contribution in [0.15, 0.2) is 24.3 Å². The molecule has 0 unspecified atom stereocenters. The first-order valence-corrected chi connectivity index (χ1v) is 12.2.